The molecule has 0 aliphatic carbocycles. The summed E-state index contributed by atoms with van der Waals surface area (Å²) in [6.45, 7) is 6.18. The van der Waals surface area contributed by atoms with Crippen LogP contribution >= 0.6 is 23.2 Å². The Bertz CT molecular complexity index is 1500. The van der Waals surface area contributed by atoms with E-state index in [0.29, 0.717) is 27.4 Å². The van der Waals surface area contributed by atoms with E-state index in [2.05, 4.69) is 23.4 Å². The Kier molecular flexibility index (Phi) is 6.65. The number of ether oxygens (including phenoxy) is 2. The molecule has 190 valence electrons. The van der Waals surface area contributed by atoms with Gasteiger partial charge in [0.15, 0.2) is 0 Å². The van der Waals surface area contributed by atoms with Crippen molar-refractivity contribution in [3.05, 3.63) is 93.1 Å². The first-order chi connectivity index (χ1) is 17.7. The molecule has 37 heavy (non-hydrogen) atoms. The predicted molar refractivity (Wildman–Crippen MR) is 147 cm³/mol. The first kappa shape index (κ1) is 25.2. The van der Waals surface area contributed by atoms with Gasteiger partial charge in [0, 0.05) is 27.8 Å². The maximum absolute atomic E-state index is 14.2. The van der Waals surface area contributed by atoms with Gasteiger partial charge in [-0.2, -0.15) is 4.98 Å². The topological polar surface area (TPSA) is 56.6 Å². The molecule has 2 aromatic heterocycles. The number of nitrogens with zero attached hydrogens (tertiary/aromatic N) is 3. The van der Waals surface area contributed by atoms with Gasteiger partial charge in [-0.1, -0.05) is 41.4 Å². The molecule has 0 spiro atoms. The number of carbonyl (C=O) groups is 1. The highest BCUT2D eigenvalue weighted by molar-refractivity contribution is 6.31. The number of amides is 1. The molecule has 2 aromatic carbocycles. The molecule has 0 N–H and O–H groups in total. The number of halogens is 2. The third kappa shape index (κ3) is 4.24. The Morgan fingerprint density at radius 1 is 0.892 bits per heavy atom. The lowest BCUT2D eigenvalue weighted by Crippen LogP contribution is -2.30. The molecule has 1 amide bonds. The molecule has 1 aliphatic rings. The lowest BCUT2D eigenvalue weighted by molar-refractivity contribution is 0.0993. The molecule has 1 atom stereocenters. The normalized spacial score (nSPS) is 14.9. The van der Waals surface area contributed by atoms with Crippen LogP contribution in [-0.4, -0.2) is 29.7 Å². The number of carbonyl (C=O) groups excluding carboxylic acids is 1. The predicted octanol–water partition coefficient (Wildman–Crippen LogP) is 7.51. The van der Waals surface area contributed by atoms with Crippen LogP contribution in [0.3, 0.4) is 0 Å². The molecule has 6 nitrogen and oxygen atoms in total. The molecule has 0 radical (unpaired) electrons. The van der Waals surface area contributed by atoms with Crippen molar-refractivity contribution < 1.29 is 14.3 Å². The minimum absolute atomic E-state index is 0.0357. The number of hydrogen-bond donors (Lipinski definition) is 0. The van der Waals surface area contributed by atoms with E-state index in [1.165, 1.54) is 0 Å². The van der Waals surface area contributed by atoms with E-state index in [9.17, 15) is 4.79 Å². The van der Waals surface area contributed by atoms with Crippen LogP contribution < -0.4 is 14.4 Å². The maximum Gasteiger partial charge on any atom is 0.261 e. The van der Waals surface area contributed by atoms with Crippen molar-refractivity contribution in [2.75, 3.05) is 19.1 Å². The van der Waals surface area contributed by atoms with Crippen molar-refractivity contribution in [3.8, 4) is 23.0 Å². The summed E-state index contributed by atoms with van der Waals surface area (Å²) in [5.74, 6) is 0.783. The average molecular weight is 536 g/mol. The number of anilines is 1. The summed E-state index contributed by atoms with van der Waals surface area (Å²) in [6.07, 6.45) is 0. The number of rotatable bonds is 6. The first-order valence-electron chi connectivity index (χ1n) is 11.9. The average Bonchev–Trinajstić information content (AvgIpc) is 3.40. The highest BCUT2D eigenvalue weighted by atomic mass is 35.5. The maximum atomic E-state index is 14.2. The zero-order valence-electron chi connectivity index (χ0n) is 21.3. The van der Waals surface area contributed by atoms with E-state index >= 15 is 0 Å². The van der Waals surface area contributed by atoms with Gasteiger partial charge in [0.25, 0.3) is 5.91 Å². The Hall–Kier alpha value is -3.48. The van der Waals surface area contributed by atoms with Crippen molar-refractivity contribution in [2.45, 2.75) is 32.9 Å². The molecule has 1 unspecified atom stereocenters. The Morgan fingerprint density at radius 2 is 1.59 bits per heavy atom. The van der Waals surface area contributed by atoms with E-state index in [4.69, 9.17) is 32.7 Å². The van der Waals surface area contributed by atoms with Gasteiger partial charge in [0.1, 0.15) is 6.04 Å². The van der Waals surface area contributed by atoms with Crippen molar-refractivity contribution in [1.29, 1.82) is 0 Å². The summed E-state index contributed by atoms with van der Waals surface area (Å²) in [5.41, 5.74) is 5.83. The zero-order chi connectivity index (χ0) is 26.4. The number of benzene rings is 2. The smallest absolute Gasteiger partial charge is 0.261 e. The van der Waals surface area contributed by atoms with Crippen molar-refractivity contribution in [1.82, 2.24) is 9.55 Å². The molecule has 0 bridgehead atoms. The van der Waals surface area contributed by atoms with Crippen LogP contribution in [0.1, 0.15) is 53.1 Å². The molecular weight excluding hydrogens is 509 g/mol. The highest BCUT2D eigenvalue weighted by Crippen LogP contribution is 2.48. The highest BCUT2D eigenvalue weighted by Gasteiger charge is 2.44. The molecule has 0 fully saturated rings. The molecule has 3 heterocycles. The fourth-order valence-electron chi connectivity index (χ4n) is 5.05. The Morgan fingerprint density at radius 3 is 2.24 bits per heavy atom. The number of pyridine rings is 1. The molecule has 8 heteroatoms. The van der Waals surface area contributed by atoms with Crippen LogP contribution in [0, 0.1) is 6.92 Å². The SMILES string of the molecule is COc1ccc(-c2cc3c(n2C(C)C)C(c2ccc(Cl)cc2)N(c2cc(Cl)ccc2C)C3=O)c(OC)n1. The Labute approximate surface area is 226 Å². The van der Waals surface area contributed by atoms with Crippen LogP contribution in [0.5, 0.6) is 11.8 Å². The third-order valence-electron chi connectivity index (χ3n) is 6.69. The minimum Gasteiger partial charge on any atom is -0.481 e. The summed E-state index contributed by atoms with van der Waals surface area (Å²) in [6, 6.07) is 18.5. The number of aryl methyl sites for hydroxylation is 1. The molecule has 0 saturated carbocycles. The van der Waals surface area contributed by atoms with E-state index in [0.717, 1.165) is 33.8 Å². The summed E-state index contributed by atoms with van der Waals surface area (Å²) in [7, 11) is 3.14. The van der Waals surface area contributed by atoms with Gasteiger partial charge in [-0.05, 0) is 68.3 Å². The van der Waals surface area contributed by atoms with E-state index < -0.39 is 0 Å². The van der Waals surface area contributed by atoms with Crippen LogP contribution in [0.4, 0.5) is 5.69 Å². The molecule has 5 rings (SSSR count). The first-order valence-corrected chi connectivity index (χ1v) is 12.7. The van der Waals surface area contributed by atoms with Gasteiger partial charge >= 0.3 is 0 Å². The molecule has 0 saturated heterocycles. The number of methoxy groups -OCH3 is 2. The van der Waals surface area contributed by atoms with Gasteiger partial charge in [-0.25, -0.2) is 0 Å². The second kappa shape index (κ2) is 9.77. The van der Waals surface area contributed by atoms with Crippen LogP contribution in [0.25, 0.3) is 11.3 Å². The van der Waals surface area contributed by atoms with Gasteiger partial charge in [0.2, 0.25) is 11.8 Å². The van der Waals surface area contributed by atoms with Crippen molar-refractivity contribution in [2.24, 2.45) is 0 Å². The number of aromatic nitrogens is 2. The van der Waals surface area contributed by atoms with Gasteiger partial charge in [0.05, 0.1) is 36.7 Å². The zero-order valence-corrected chi connectivity index (χ0v) is 22.8. The van der Waals surface area contributed by atoms with E-state index in [-0.39, 0.29) is 18.0 Å². The number of hydrogen-bond acceptors (Lipinski definition) is 4. The Balaban J connectivity index is 1.79. The van der Waals surface area contributed by atoms with Gasteiger partial charge < -0.3 is 14.0 Å². The fourth-order valence-corrected chi connectivity index (χ4v) is 5.35. The van der Waals surface area contributed by atoms with Crippen LogP contribution in [0.2, 0.25) is 10.0 Å². The van der Waals surface area contributed by atoms with Gasteiger partial charge in [-0.15, -0.1) is 0 Å². The fraction of sp³-hybridized carbons (Fsp3) is 0.241. The standard InChI is InChI=1S/C29H27Cl2N3O3/c1-16(2)33-24(21-12-13-25(36-4)32-28(21)37-5)15-22-27(33)26(18-7-10-19(30)11-8-18)34(29(22)35)23-14-20(31)9-6-17(23)3/h6-16,26H,1-5H3. The quantitative estimate of drug-likeness (QED) is 0.256. The lowest BCUT2D eigenvalue weighted by atomic mass is 10.0. The number of fused-ring (bicyclic) bond motifs is 1. The van der Waals surface area contributed by atoms with Crippen molar-refractivity contribution >= 4 is 34.8 Å². The van der Waals surface area contributed by atoms with Gasteiger partial charge in [-0.3, -0.25) is 9.69 Å². The molecule has 1 aliphatic heterocycles. The summed E-state index contributed by atoms with van der Waals surface area (Å²) < 4.78 is 13.1. The summed E-state index contributed by atoms with van der Waals surface area (Å²) in [5, 5.41) is 1.20. The second-order valence-electron chi connectivity index (χ2n) is 9.26. The lowest BCUT2D eigenvalue weighted by Gasteiger charge is -2.30. The summed E-state index contributed by atoms with van der Waals surface area (Å²) >= 11 is 12.6. The van der Waals surface area contributed by atoms with Crippen molar-refractivity contribution in [3.63, 3.8) is 0 Å². The second-order valence-corrected chi connectivity index (χ2v) is 10.1. The molecule has 4 aromatic rings. The van der Waals surface area contributed by atoms with Crippen LogP contribution in [0.15, 0.2) is 60.7 Å². The van der Waals surface area contributed by atoms with E-state index in [1.807, 2.05) is 66.4 Å². The third-order valence-corrected chi connectivity index (χ3v) is 7.18. The summed E-state index contributed by atoms with van der Waals surface area (Å²) in [4.78, 5) is 20.5. The minimum atomic E-state index is -0.384. The molecular formula is C29H27Cl2N3O3. The van der Waals surface area contributed by atoms with E-state index in [1.54, 1.807) is 20.3 Å². The monoisotopic (exact) mass is 535 g/mol. The largest absolute Gasteiger partial charge is 0.481 e. The van der Waals surface area contributed by atoms with Crippen LogP contribution in [-0.2, 0) is 0 Å².